The highest BCUT2D eigenvalue weighted by Gasteiger charge is 2.59. The summed E-state index contributed by atoms with van der Waals surface area (Å²) in [4.78, 5) is 15.3. The quantitative estimate of drug-likeness (QED) is 0.173. The molecule has 8 aromatic carbocycles. The molecule has 0 amide bonds. The summed E-state index contributed by atoms with van der Waals surface area (Å²) in [7, 11) is 0. The Labute approximate surface area is 385 Å². The van der Waals surface area contributed by atoms with Crippen LogP contribution in [0, 0.1) is 0 Å². The normalized spacial score (nSPS) is 18.8. The van der Waals surface area contributed by atoms with E-state index >= 15 is 0 Å². The van der Waals surface area contributed by atoms with Crippen molar-refractivity contribution in [2.24, 2.45) is 0 Å². The van der Waals surface area contributed by atoms with E-state index < -0.39 is 10.8 Å². The van der Waals surface area contributed by atoms with Gasteiger partial charge >= 0.3 is 0 Å². The van der Waals surface area contributed by atoms with Crippen LogP contribution in [0.3, 0.4) is 0 Å². The van der Waals surface area contributed by atoms with Crippen molar-refractivity contribution in [3.8, 4) is 45.3 Å². The maximum Gasteiger partial charge on any atom is 0.164 e. The van der Waals surface area contributed by atoms with Gasteiger partial charge < -0.3 is 0 Å². The van der Waals surface area contributed by atoms with Crippen LogP contribution < -0.4 is 0 Å². The molecule has 312 valence electrons. The largest absolute Gasteiger partial charge is 0.208 e. The van der Waals surface area contributed by atoms with E-state index in [2.05, 4.69) is 190 Å². The van der Waals surface area contributed by atoms with Gasteiger partial charge in [-0.3, -0.25) is 0 Å². The number of nitrogens with zero attached hydrogens (tertiary/aromatic N) is 3. The number of fused-ring (bicyclic) bond motifs is 13. The molecule has 9 aromatic rings. The Bertz CT molecular complexity index is 3500. The van der Waals surface area contributed by atoms with Crippen molar-refractivity contribution in [3.63, 3.8) is 0 Å². The first-order chi connectivity index (χ1) is 32.6. The molecule has 0 aliphatic heterocycles. The lowest BCUT2D eigenvalue weighted by Gasteiger charge is -2.50. The van der Waals surface area contributed by atoms with E-state index in [1.807, 2.05) is 36.4 Å². The second kappa shape index (κ2) is 14.8. The summed E-state index contributed by atoms with van der Waals surface area (Å²) in [6, 6.07) is 68.9. The van der Waals surface area contributed by atoms with Gasteiger partial charge in [-0.15, -0.1) is 0 Å². The van der Waals surface area contributed by atoms with Crippen LogP contribution in [0.2, 0.25) is 0 Å². The van der Waals surface area contributed by atoms with E-state index in [1.54, 1.807) is 0 Å². The lowest BCUT2D eigenvalue weighted by atomic mass is 9.51. The highest BCUT2D eigenvalue weighted by atomic mass is 15.0. The van der Waals surface area contributed by atoms with Crippen molar-refractivity contribution in [2.45, 2.75) is 37.5 Å². The standard InChI is InChI=1S/C63H45N3/c1-3-20-44-40(2)62(52-29-14-12-27-48(44)52)54-31-16-18-33-56(54)63(57-34-19-17-32-55(57)62)53-30-15-13-28-49(53)50-36-35-43(39-58(50)63)45-37-38-51(47-26-11-10-25-46(45)47)61-65-59(41-21-6-4-7-22-41)64-60(66-61)42-23-8-5-9-24-42/h3-14,16-29,31-39H,15,30H2,1-2H3/b20-3-. The molecule has 3 heteroatoms. The summed E-state index contributed by atoms with van der Waals surface area (Å²) in [5.74, 6) is 1.96. The van der Waals surface area contributed by atoms with Crippen molar-refractivity contribution < 1.29 is 0 Å². The molecule has 0 atom stereocenters. The Kier molecular flexibility index (Phi) is 8.60. The monoisotopic (exact) mass is 843 g/mol. The molecule has 2 spiro atoms. The minimum Gasteiger partial charge on any atom is -0.208 e. The maximum absolute atomic E-state index is 5.16. The van der Waals surface area contributed by atoms with E-state index in [1.165, 1.54) is 77.9 Å². The number of allylic oxidation sites excluding steroid dienone is 8. The highest BCUT2D eigenvalue weighted by Crippen LogP contribution is 2.67. The third kappa shape index (κ3) is 5.23. The topological polar surface area (TPSA) is 38.7 Å². The number of hydrogen-bond acceptors (Lipinski definition) is 3. The molecule has 0 unspecified atom stereocenters. The van der Waals surface area contributed by atoms with Crippen LogP contribution in [-0.2, 0) is 10.8 Å². The average molecular weight is 844 g/mol. The fourth-order valence-corrected chi connectivity index (χ4v) is 12.3. The summed E-state index contributed by atoms with van der Waals surface area (Å²) in [6.07, 6.45) is 11.3. The van der Waals surface area contributed by atoms with Gasteiger partial charge in [0.15, 0.2) is 17.5 Å². The molecule has 66 heavy (non-hydrogen) atoms. The van der Waals surface area contributed by atoms with Crippen LogP contribution >= 0.6 is 0 Å². The van der Waals surface area contributed by atoms with Crippen LogP contribution in [0.15, 0.2) is 224 Å². The molecular weight excluding hydrogens is 799 g/mol. The fourth-order valence-electron chi connectivity index (χ4n) is 12.3. The first-order valence-electron chi connectivity index (χ1n) is 23.2. The molecule has 0 bridgehead atoms. The first kappa shape index (κ1) is 38.4. The van der Waals surface area contributed by atoms with Crippen LogP contribution in [0.4, 0.5) is 0 Å². The van der Waals surface area contributed by atoms with Gasteiger partial charge in [0, 0.05) is 16.7 Å². The zero-order valence-electron chi connectivity index (χ0n) is 37.0. The molecule has 1 heterocycles. The van der Waals surface area contributed by atoms with Gasteiger partial charge in [-0.05, 0) is 128 Å². The van der Waals surface area contributed by atoms with Gasteiger partial charge in [-0.2, -0.15) is 0 Å². The lowest BCUT2D eigenvalue weighted by molar-refractivity contribution is 0.598. The van der Waals surface area contributed by atoms with Crippen LogP contribution in [0.5, 0.6) is 0 Å². The van der Waals surface area contributed by atoms with Crippen LogP contribution in [0.1, 0.15) is 71.2 Å². The Morgan fingerprint density at radius 1 is 0.439 bits per heavy atom. The van der Waals surface area contributed by atoms with Crippen molar-refractivity contribution in [2.75, 3.05) is 0 Å². The van der Waals surface area contributed by atoms with E-state index in [0.717, 1.165) is 40.3 Å². The summed E-state index contributed by atoms with van der Waals surface area (Å²) in [5, 5.41) is 2.26. The lowest BCUT2D eigenvalue weighted by Crippen LogP contribution is -2.44. The summed E-state index contributed by atoms with van der Waals surface area (Å²) >= 11 is 0. The smallest absolute Gasteiger partial charge is 0.164 e. The second-order valence-electron chi connectivity index (χ2n) is 18.0. The molecular formula is C63H45N3. The van der Waals surface area contributed by atoms with Crippen LogP contribution in [0.25, 0.3) is 67.2 Å². The molecule has 4 aliphatic rings. The van der Waals surface area contributed by atoms with E-state index in [0.29, 0.717) is 17.5 Å². The molecule has 13 rings (SSSR count). The Balaban J connectivity index is 1.04. The molecule has 0 N–H and O–H groups in total. The minimum absolute atomic E-state index is 0.433. The third-order valence-corrected chi connectivity index (χ3v) is 14.9. The molecule has 0 fully saturated rings. The van der Waals surface area contributed by atoms with Crippen molar-refractivity contribution in [3.05, 3.63) is 268 Å². The Morgan fingerprint density at radius 3 is 1.59 bits per heavy atom. The Morgan fingerprint density at radius 2 is 0.955 bits per heavy atom. The van der Waals surface area contributed by atoms with Gasteiger partial charge in [0.2, 0.25) is 0 Å². The summed E-state index contributed by atoms with van der Waals surface area (Å²) < 4.78 is 0. The molecule has 3 nitrogen and oxygen atoms in total. The second-order valence-corrected chi connectivity index (χ2v) is 18.0. The van der Waals surface area contributed by atoms with Gasteiger partial charge in [0.05, 0.1) is 10.8 Å². The van der Waals surface area contributed by atoms with Crippen molar-refractivity contribution in [1.29, 1.82) is 0 Å². The predicted molar refractivity (Wildman–Crippen MR) is 271 cm³/mol. The molecule has 4 aliphatic carbocycles. The number of hydrogen-bond donors (Lipinski definition) is 0. The number of benzene rings is 8. The predicted octanol–water partition coefficient (Wildman–Crippen LogP) is 15.2. The SMILES string of the molecule is C/C=C\C1=C(C)C2(c3ccccc31)c1ccccc1C1(C3=C(C=CCC3)c3ccc(-c4ccc(-c5nc(-c6ccccc6)nc(-c6ccccc6)n5)c5ccccc45)cc31)c1ccccc12. The van der Waals surface area contributed by atoms with E-state index in [4.69, 9.17) is 15.0 Å². The zero-order valence-corrected chi connectivity index (χ0v) is 37.0. The highest BCUT2D eigenvalue weighted by molar-refractivity contribution is 6.05. The molecule has 0 radical (unpaired) electrons. The van der Waals surface area contributed by atoms with E-state index in [-0.39, 0.29) is 0 Å². The zero-order chi connectivity index (χ0) is 44.0. The summed E-state index contributed by atoms with van der Waals surface area (Å²) in [5.41, 5.74) is 20.8. The van der Waals surface area contributed by atoms with Gasteiger partial charge in [0.25, 0.3) is 0 Å². The van der Waals surface area contributed by atoms with Crippen molar-refractivity contribution >= 4 is 21.9 Å². The first-order valence-corrected chi connectivity index (χ1v) is 23.2. The Hall–Kier alpha value is -8.01. The summed E-state index contributed by atoms with van der Waals surface area (Å²) in [6.45, 7) is 4.52. The van der Waals surface area contributed by atoms with Gasteiger partial charge in [-0.1, -0.05) is 200 Å². The molecule has 0 saturated heterocycles. The minimum atomic E-state index is -0.481. The number of rotatable bonds is 5. The van der Waals surface area contributed by atoms with Crippen LogP contribution in [-0.4, -0.2) is 15.0 Å². The van der Waals surface area contributed by atoms with Gasteiger partial charge in [-0.25, -0.2) is 15.0 Å². The third-order valence-electron chi connectivity index (χ3n) is 14.9. The average Bonchev–Trinajstić information content (AvgIpc) is 3.81. The number of aromatic nitrogens is 3. The maximum atomic E-state index is 5.16. The fraction of sp³-hybridized carbons (Fsp3) is 0.0952. The molecule has 0 saturated carbocycles. The van der Waals surface area contributed by atoms with Gasteiger partial charge in [0.1, 0.15) is 0 Å². The van der Waals surface area contributed by atoms with E-state index in [9.17, 15) is 0 Å². The molecule has 1 aromatic heterocycles. The van der Waals surface area contributed by atoms with Crippen molar-refractivity contribution in [1.82, 2.24) is 15.0 Å².